The van der Waals surface area contributed by atoms with E-state index in [0.717, 1.165) is 32.8 Å². The number of carbonyl (C=O) groups is 1. The third-order valence-electron chi connectivity index (χ3n) is 5.21. The van der Waals surface area contributed by atoms with Crippen LogP contribution in [-0.2, 0) is 19.8 Å². The monoisotopic (exact) mass is 447 g/mol. The van der Waals surface area contributed by atoms with Crippen LogP contribution in [0.15, 0.2) is 30.3 Å². The summed E-state index contributed by atoms with van der Waals surface area (Å²) in [5.41, 5.74) is 3.23. The molecule has 3 heterocycles. The number of alkyl halides is 3. The Morgan fingerprint density at radius 3 is 2.55 bits per heavy atom. The van der Waals surface area contributed by atoms with Crippen molar-refractivity contribution in [2.75, 3.05) is 5.32 Å². The highest BCUT2D eigenvalue weighted by atomic mass is 32.1. The standard InChI is InChI=1S/C21H20F3N5OS/c1-11-7-5-6-8-14(11)10-29-13(3)17(12(2)26-29)25-19(30)16-9-15-18(21(22,23)24)27-28(4)20(15)31-16/h5-9H,10H2,1-4H3,(H,25,30). The topological polar surface area (TPSA) is 64.7 Å². The van der Waals surface area contributed by atoms with Crippen LogP contribution in [0.1, 0.15) is 37.9 Å². The molecule has 0 aliphatic rings. The predicted octanol–water partition coefficient (Wildman–Crippen LogP) is 5.08. The lowest BCUT2D eigenvalue weighted by atomic mass is 10.1. The number of aryl methyl sites for hydroxylation is 3. The average molecular weight is 447 g/mol. The van der Waals surface area contributed by atoms with Crippen molar-refractivity contribution in [2.24, 2.45) is 7.05 Å². The van der Waals surface area contributed by atoms with Crippen LogP contribution in [0.5, 0.6) is 0 Å². The maximum atomic E-state index is 13.2. The van der Waals surface area contributed by atoms with Gasteiger partial charge < -0.3 is 5.32 Å². The van der Waals surface area contributed by atoms with Crippen LogP contribution in [0, 0.1) is 20.8 Å². The van der Waals surface area contributed by atoms with Gasteiger partial charge in [0.05, 0.1) is 28.5 Å². The van der Waals surface area contributed by atoms with Crippen LogP contribution in [0.25, 0.3) is 10.2 Å². The Morgan fingerprint density at radius 2 is 1.87 bits per heavy atom. The molecule has 10 heteroatoms. The number of amides is 1. The Bertz CT molecular complexity index is 1300. The van der Waals surface area contributed by atoms with Gasteiger partial charge in [-0.1, -0.05) is 24.3 Å². The molecule has 0 bridgehead atoms. The lowest BCUT2D eigenvalue weighted by Crippen LogP contribution is -2.12. The Kier molecular flexibility index (Phi) is 5.12. The molecular formula is C21H20F3N5OS. The molecule has 0 radical (unpaired) electrons. The molecule has 4 rings (SSSR count). The summed E-state index contributed by atoms with van der Waals surface area (Å²) in [6.45, 7) is 6.21. The Morgan fingerprint density at radius 1 is 1.16 bits per heavy atom. The number of nitrogens with zero attached hydrogens (tertiary/aromatic N) is 4. The van der Waals surface area contributed by atoms with Crippen molar-refractivity contribution in [1.29, 1.82) is 0 Å². The zero-order chi connectivity index (χ0) is 22.5. The number of benzene rings is 1. The number of rotatable bonds is 4. The third-order valence-corrected chi connectivity index (χ3v) is 6.41. The lowest BCUT2D eigenvalue weighted by molar-refractivity contribution is -0.140. The van der Waals surface area contributed by atoms with Crippen molar-refractivity contribution in [1.82, 2.24) is 19.6 Å². The Hall–Kier alpha value is -3.14. The summed E-state index contributed by atoms with van der Waals surface area (Å²) in [5, 5.41) is 10.8. The zero-order valence-corrected chi connectivity index (χ0v) is 18.1. The molecule has 0 saturated carbocycles. The van der Waals surface area contributed by atoms with Crippen molar-refractivity contribution >= 4 is 33.1 Å². The van der Waals surface area contributed by atoms with Crippen LogP contribution in [0.4, 0.5) is 18.9 Å². The van der Waals surface area contributed by atoms with Gasteiger partial charge in [-0.3, -0.25) is 14.2 Å². The van der Waals surface area contributed by atoms with E-state index in [1.54, 1.807) is 6.92 Å². The highest BCUT2D eigenvalue weighted by Crippen LogP contribution is 2.37. The summed E-state index contributed by atoms with van der Waals surface area (Å²) >= 11 is 0.972. The van der Waals surface area contributed by atoms with Crippen LogP contribution >= 0.6 is 11.3 Å². The summed E-state index contributed by atoms with van der Waals surface area (Å²) in [6, 6.07) is 9.22. The Balaban J connectivity index is 1.62. The first kappa shape index (κ1) is 21.1. The first-order valence-electron chi connectivity index (χ1n) is 9.50. The van der Waals surface area contributed by atoms with Gasteiger partial charge in [0.25, 0.3) is 5.91 Å². The first-order valence-corrected chi connectivity index (χ1v) is 10.3. The second kappa shape index (κ2) is 7.52. The normalized spacial score (nSPS) is 12.0. The molecule has 3 aromatic heterocycles. The summed E-state index contributed by atoms with van der Waals surface area (Å²) in [4.78, 5) is 13.3. The van der Waals surface area contributed by atoms with Gasteiger partial charge in [0.15, 0.2) is 5.69 Å². The molecule has 1 N–H and O–H groups in total. The SMILES string of the molecule is Cc1ccccc1Cn1nc(C)c(NC(=O)c2cc3c(C(F)(F)F)nn(C)c3s2)c1C. The highest BCUT2D eigenvalue weighted by molar-refractivity contribution is 7.20. The van der Waals surface area contributed by atoms with Crippen LogP contribution < -0.4 is 5.32 Å². The minimum Gasteiger partial charge on any atom is -0.318 e. The van der Waals surface area contributed by atoms with E-state index < -0.39 is 17.8 Å². The van der Waals surface area contributed by atoms with E-state index in [0.29, 0.717) is 22.8 Å². The van der Waals surface area contributed by atoms with E-state index in [4.69, 9.17) is 0 Å². The second-order valence-corrected chi connectivity index (χ2v) is 8.41. The number of hydrogen-bond acceptors (Lipinski definition) is 4. The van der Waals surface area contributed by atoms with Crippen molar-refractivity contribution < 1.29 is 18.0 Å². The quantitative estimate of drug-likeness (QED) is 0.475. The zero-order valence-electron chi connectivity index (χ0n) is 17.3. The van der Waals surface area contributed by atoms with Crippen LogP contribution in [-0.4, -0.2) is 25.5 Å². The number of aromatic nitrogens is 4. The van der Waals surface area contributed by atoms with Crippen molar-refractivity contribution in [3.05, 3.63) is 63.4 Å². The third kappa shape index (κ3) is 3.83. The average Bonchev–Trinajstić information content (AvgIpc) is 3.33. The molecule has 0 fully saturated rings. The molecule has 0 atom stereocenters. The van der Waals surface area contributed by atoms with Gasteiger partial charge >= 0.3 is 6.18 Å². The predicted molar refractivity (Wildman–Crippen MR) is 114 cm³/mol. The largest absolute Gasteiger partial charge is 0.435 e. The summed E-state index contributed by atoms with van der Waals surface area (Å²) in [5.74, 6) is -0.476. The van der Waals surface area contributed by atoms with Crippen LogP contribution in [0.3, 0.4) is 0 Å². The summed E-state index contributed by atoms with van der Waals surface area (Å²) < 4.78 is 42.6. The first-order chi connectivity index (χ1) is 14.6. The number of anilines is 1. The lowest BCUT2D eigenvalue weighted by Gasteiger charge is -2.08. The number of halogens is 3. The van der Waals surface area contributed by atoms with Gasteiger partial charge in [-0.05, 0) is 38.0 Å². The highest BCUT2D eigenvalue weighted by Gasteiger charge is 2.37. The van der Waals surface area contributed by atoms with Crippen LogP contribution in [0.2, 0.25) is 0 Å². The number of carbonyl (C=O) groups excluding carboxylic acids is 1. The molecule has 0 unspecified atom stereocenters. The maximum Gasteiger partial charge on any atom is 0.435 e. The van der Waals surface area contributed by atoms with E-state index in [1.807, 2.05) is 42.8 Å². The van der Waals surface area contributed by atoms with E-state index in [9.17, 15) is 18.0 Å². The second-order valence-electron chi connectivity index (χ2n) is 7.38. The number of fused-ring (bicyclic) bond motifs is 1. The smallest absolute Gasteiger partial charge is 0.318 e. The van der Waals surface area contributed by atoms with Crippen molar-refractivity contribution in [3.63, 3.8) is 0 Å². The van der Waals surface area contributed by atoms with E-state index in [-0.39, 0.29) is 10.3 Å². The van der Waals surface area contributed by atoms with E-state index >= 15 is 0 Å². The maximum absolute atomic E-state index is 13.2. The van der Waals surface area contributed by atoms with E-state index in [1.165, 1.54) is 13.1 Å². The molecule has 31 heavy (non-hydrogen) atoms. The molecular weight excluding hydrogens is 427 g/mol. The summed E-state index contributed by atoms with van der Waals surface area (Å²) in [7, 11) is 1.43. The minimum atomic E-state index is -4.59. The molecule has 6 nitrogen and oxygen atoms in total. The number of hydrogen-bond donors (Lipinski definition) is 1. The molecule has 1 aromatic carbocycles. The van der Waals surface area contributed by atoms with Gasteiger partial charge in [-0.25, -0.2) is 0 Å². The van der Waals surface area contributed by atoms with Gasteiger partial charge in [0, 0.05) is 12.4 Å². The van der Waals surface area contributed by atoms with Crippen molar-refractivity contribution in [2.45, 2.75) is 33.5 Å². The molecule has 0 aliphatic carbocycles. The Labute approximate surface area is 180 Å². The van der Waals surface area contributed by atoms with Gasteiger partial charge in [-0.15, -0.1) is 11.3 Å². The molecule has 1 amide bonds. The van der Waals surface area contributed by atoms with Gasteiger partial charge in [-0.2, -0.15) is 23.4 Å². The fraction of sp³-hybridized carbons (Fsp3) is 0.286. The van der Waals surface area contributed by atoms with E-state index in [2.05, 4.69) is 15.5 Å². The van der Waals surface area contributed by atoms with Gasteiger partial charge in [0.1, 0.15) is 4.83 Å². The fourth-order valence-electron chi connectivity index (χ4n) is 3.52. The summed E-state index contributed by atoms with van der Waals surface area (Å²) in [6.07, 6.45) is -4.59. The molecule has 0 aliphatic heterocycles. The van der Waals surface area contributed by atoms with Gasteiger partial charge in [0.2, 0.25) is 0 Å². The number of nitrogens with one attached hydrogen (secondary N) is 1. The molecule has 162 valence electrons. The molecule has 0 spiro atoms. The number of thiophene rings is 1. The molecule has 4 aromatic rings. The van der Waals surface area contributed by atoms with Crippen molar-refractivity contribution in [3.8, 4) is 0 Å². The minimum absolute atomic E-state index is 0.0751. The fourth-order valence-corrected chi connectivity index (χ4v) is 4.49. The molecule has 0 saturated heterocycles.